The van der Waals surface area contributed by atoms with Gasteiger partial charge in [-0.15, -0.1) is 11.3 Å². The lowest BCUT2D eigenvalue weighted by molar-refractivity contribution is 0.599. The molecular weight excluding hydrogens is 282 g/mol. The molecule has 0 fully saturated rings. The highest BCUT2D eigenvalue weighted by atomic mass is 32.2. The predicted octanol–water partition coefficient (Wildman–Crippen LogP) is 1.97. The first-order chi connectivity index (χ1) is 9.04. The van der Waals surface area contributed by atoms with E-state index >= 15 is 0 Å². The van der Waals surface area contributed by atoms with Crippen molar-refractivity contribution in [3.8, 4) is 0 Å². The van der Waals surface area contributed by atoms with Crippen LogP contribution in [0.5, 0.6) is 0 Å². The molecule has 102 valence electrons. The Bertz CT molecular complexity index is 651. The maximum atomic E-state index is 12.4. The van der Waals surface area contributed by atoms with Gasteiger partial charge in [-0.1, -0.05) is 0 Å². The minimum absolute atomic E-state index is 0.365. The van der Waals surface area contributed by atoms with E-state index in [1.54, 1.807) is 38.5 Å². The van der Waals surface area contributed by atoms with Crippen molar-refractivity contribution < 1.29 is 8.42 Å². The fourth-order valence-corrected chi connectivity index (χ4v) is 4.64. The Morgan fingerprint density at radius 2 is 2.00 bits per heavy atom. The summed E-state index contributed by atoms with van der Waals surface area (Å²) in [7, 11) is -1.77. The summed E-state index contributed by atoms with van der Waals surface area (Å²) < 4.78 is 27.4. The SMILES string of the molecule is CNCc1scc(C)c1S(=O)(=O)Nc1ccncc1. The standard InChI is InChI=1S/C12H15N3O2S2/c1-9-8-18-11(7-13-2)12(9)19(16,17)15-10-3-5-14-6-4-10/h3-6,8,13H,7H2,1-2H3,(H,14,15). The van der Waals surface area contributed by atoms with Crippen LogP contribution in [0.25, 0.3) is 0 Å². The Labute approximate surface area is 116 Å². The number of pyridine rings is 1. The molecule has 0 saturated heterocycles. The molecule has 2 heterocycles. The zero-order valence-electron chi connectivity index (χ0n) is 10.7. The van der Waals surface area contributed by atoms with Gasteiger partial charge in [0.25, 0.3) is 10.0 Å². The third-order valence-corrected chi connectivity index (χ3v) is 5.37. The molecule has 0 unspecified atom stereocenters. The van der Waals surface area contributed by atoms with Gasteiger partial charge in [0.1, 0.15) is 4.90 Å². The Kier molecular flexibility index (Phi) is 4.18. The summed E-state index contributed by atoms with van der Waals surface area (Å²) in [4.78, 5) is 5.03. The molecule has 0 saturated carbocycles. The Balaban J connectivity index is 2.37. The highest BCUT2D eigenvalue weighted by Gasteiger charge is 2.22. The third kappa shape index (κ3) is 3.12. The number of aromatic nitrogens is 1. The van der Waals surface area contributed by atoms with E-state index in [4.69, 9.17) is 0 Å². The number of hydrogen-bond donors (Lipinski definition) is 2. The molecule has 0 atom stereocenters. The van der Waals surface area contributed by atoms with Crippen LogP contribution in [0.4, 0.5) is 5.69 Å². The van der Waals surface area contributed by atoms with Gasteiger partial charge in [-0.2, -0.15) is 0 Å². The molecule has 0 aliphatic carbocycles. The molecule has 19 heavy (non-hydrogen) atoms. The average molecular weight is 297 g/mol. The summed E-state index contributed by atoms with van der Waals surface area (Å²) in [6, 6.07) is 3.24. The molecule has 2 aromatic heterocycles. The molecular formula is C12H15N3O2S2. The predicted molar refractivity (Wildman–Crippen MR) is 76.9 cm³/mol. The number of nitrogens with one attached hydrogen (secondary N) is 2. The largest absolute Gasteiger partial charge is 0.315 e. The second-order valence-corrected chi connectivity index (χ2v) is 6.63. The van der Waals surface area contributed by atoms with Crippen LogP contribution in [0.1, 0.15) is 10.4 Å². The van der Waals surface area contributed by atoms with E-state index in [2.05, 4.69) is 15.0 Å². The van der Waals surface area contributed by atoms with Gasteiger partial charge in [0.05, 0.1) is 5.69 Å². The molecule has 0 aromatic carbocycles. The van der Waals surface area contributed by atoms with Crippen LogP contribution < -0.4 is 10.0 Å². The van der Waals surface area contributed by atoms with E-state index in [9.17, 15) is 8.42 Å². The first-order valence-corrected chi connectivity index (χ1v) is 8.05. The molecule has 0 radical (unpaired) electrons. The van der Waals surface area contributed by atoms with Crippen LogP contribution >= 0.6 is 11.3 Å². The van der Waals surface area contributed by atoms with Crippen molar-refractivity contribution in [2.24, 2.45) is 0 Å². The van der Waals surface area contributed by atoms with Gasteiger partial charge in [-0.3, -0.25) is 9.71 Å². The van der Waals surface area contributed by atoms with Gasteiger partial charge in [-0.25, -0.2) is 8.42 Å². The molecule has 2 rings (SSSR count). The highest BCUT2D eigenvalue weighted by molar-refractivity contribution is 7.93. The number of sulfonamides is 1. The Hall–Kier alpha value is -1.44. The molecule has 2 N–H and O–H groups in total. The third-order valence-electron chi connectivity index (χ3n) is 2.53. The fourth-order valence-electron chi connectivity index (χ4n) is 1.76. The Morgan fingerprint density at radius 1 is 1.32 bits per heavy atom. The lowest BCUT2D eigenvalue weighted by atomic mass is 10.3. The topological polar surface area (TPSA) is 71.1 Å². The maximum absolute atomic E-state index is 12.4. The number of hydrogen-bond acceptors (Lipinski definition) is 5. The van der Waals surface area contributed by atoms with Crippen LogP contribution in [-0.4, -0.2) is 20.4 Å². The van der Waals surface area contributed by atoms with E-state index in [0.29, 0.717) is 17.1 Å². The van der Waals surface area contributed by atoms with Crippen LogP contribution in [0, 0.1) is 6.92 Å². The first-order valence-electron chi connectivity index (χ1n) is 5.69. The van der Waals surface area contributed by atoms with E-state index < -0.39 is 10.0 Å². The van der Waals surface area contributed by atoms with Crippen LogP contribution in [0.15, 0.2) is 34.8 Å². The van der Waals surface area contributed by atoms with Gasteiger partial charge in [0.2, 0.25) is 0 Å². The molecule has 7 heteroatoms. The van der Waals surface area contributed by atoms with Crippen LogP contribution in [0.2, 0.25) is 0 Å². The van der Waals surface area contributed by atoms with E-state index in [0.717, 1.165) is 10.4 Å². The van der Waals surface area contributed by atoms with Gasteiger partial charge < -0.3 is 5.32 Å². The smallest absolute Gasteiger partial charge is 0.263 e. The zero-order chi connectivity index (χ0) is 13.9. The second-order valence-electron chi connectivity index (χ2n) is 4.04. The molecule has 0 amide bonds. The quantitative estimate of drug-likeness (QED) is 0.885. The monoisotopic (exact) mass is 297 g/mol. The minimum Gasteiger partial charge on any atom is -0.315 e. The summed E-state index contributed by atoms with van der Waals surface area (Å²) in [6.45, 7) is 2.34. The second kappa shape index (κ2) is 5.68. The van der Waals surface area contributed by atoms with Crippen molar-refractivity contribution in [1.82, 2.24) is 10.3 Å². The first kappa shape index (κ1) is 14.0. The van der Waals surface area contributed by atoms with Crippen molar-refractivity contribution in [3.63, 3.8) is 0 Å². The van der Waals surface area contributed by atoms with Crippen molar-refractivity contribution in [1.29, 1.82) is 0 Å². The van der Waals surface area contributed by atoms with Crippen molar-refractivity contribution >= 4 is 27.0 Å². The van der Waals surface area contributed by atoms with Crippen molar-refractivity contribution in [2.75, 3.05) is 11.8 Å². The number of anilines is 1. The minimum atomic E-state index is -3.56. The summed E-state index contributed by atoms with van der Waals surface area (Å²) in [5, 5.41) is 4.84. The Morgan fingerprint density at radius 3 is 2.63 bits per heavy atom. The summed E-state index contributed by atoms with van der Waals surface area (Å²) >= 11 is 1.44. The van der Waals surface area contributed by atoms with Crippen LogP contribution in [-0.2, 0) is 16.6 Å². The highest BCUT2D eigenvalue weighted by Crippen LogP contribution is 2.28. The average Bonchev–Trinajstić information content (AvgIpc) is 2.72. The lowest BCUT2D eigenvalue weighted by Gasteiger charge is -2.09. The number of nitrogens with zero attached hydrogens (tertiary/aromatic N) is 1. The van der Waals surface area contributed by atoms with E-state index in [1.165, 1.54) is 11.3 Å². The van der Waals surface area contributed by atoms with Crippen molar-refractivity contribution in [2.45, 2.75) is 18.4 Å². The molecule has 0 aliphatic heterocycles. The van der Waals surface area contributed by atoms with E-state index in [1.807, 2.05) is 5.38 Å². The molecule has 0 aliphatic rings. The van der Waals surface area contributed by atoms with Crippen LogP contribution in [0.3, 0.4) is 0 Å². The van der Waals surface area contributed by atoms with Gasteiger partial charge in [0, 0.05) is 23.8 Å². The van der Waals surface area contributed by atoms with Gasteiger partial charge in [0.15, 0.2) is 0 Å². The maximum Gasteiger partial charge on any atom is 0.263 e. The fraction of sp³-hybridized carbons (Fsp3) is 0.250. The number of thiophene rings is 1. The molecule has 5 nitrogen and oxygen atoms in total. The van der Waals surface area contributed by atoms with E-state index in [-0.39, 0.29) is 0 Å². The molecule has 0 spiro atoms. The molecule has 2 aromatic rings. The molecule has 0 bridgehead atoms. The normalized spacial score (nSPS) is 11.5. The summed E-state index contributed by atoms with van der Waals surface area (Å²) in [5.41, 5.74) is 1.27. The summed E-state index contributed by atoms with van der Waals surface area (Å²) in [6.07, 6.45) is 3.10. The number of rotatable bonds is 5. The zero-order valence-corrected chi connectivity index (χ0v) is 12.3. The lowest BCUT2D eigenvalue weighted by Crippen LogP contribution is -2.16. The van der Waals surface area contributed by atoms with Crippen molar-refractivity contribution in [3.05, 3.63) is 40.3 Å². The van der Waals surface area contributed by atoms with Gasteiger partial charge >= 0.3 is 0 Å². The van der Waals surface area contributed by atoms with Gasteiger partial charge in [-0.05, 0) is 37.0 Å². The number of aryl methyl sites for hydroxylation is 1. The summed E-state index contributed by atoms with van der Waals surface area (Å²) in [5.74, 6) is 0.